The highest BCUT2D eigenvalue weighted by molar-refractivity contribution is 5.81. The third-order valence-electron chi connectivity index (χ3n) is 3.59. The summed E-state index contributed by atoms with van der Waals surface area (Å²) in [4.78, 5) is 14.2. The third-order valence-corrected chi connectivity index (χ3v) is 3.59. The lowest BCUT2D eigenvalue weighted by atomic mass is 9.98. The molecule has 0 radical (unpaired) electrons. The smallest absolute Gasteiger partial charge is 0.251 e. The van der Waals surface area contributed by atoms with Gasteiger partial charge < -0.3 is 14.4 Å². The summed E-state index contributed by atoms with van der Waals surface area (Å²) < 4.78 is 10.9. The molecule has 0 N–H and O–H groups in total. The molecule has 17 heavy (non-hydrogen) atoms. The van der Waals surface area contributed by atoms with Gasteiger partial charge in [0, 0.05) is 26.3 Å². The highest BCUT2D eigenvalue weighted by atomic mass is 16.5. The zero-order valence-corrected chi connectivity index (χ0v) is 10.7. The summed E-state index contributed by atoms with van der Waals surface area (Å²) in [5.41, 5.74) is 0. The second kappa shape index (κ2) is 6.36. The van der Waals surface area contributed by atoms with Crippen LogP contribution >= 0.6 is 0 Å². The predicted octanol–water partition coefficient (Wildman–Crippen LogP) is 1.44. The number of carbonyl (C=O) groups is 1. The summed E-state index contributed by atoms with van der Waals surface area (Å²) in [7, 11) is 0. The molecule has 2 unspecified atom stereocenters. The van der Waals surface area contributed by atoms with Gasteiger partial charge in [-0.2, -0.15) is 0 Å². The van der Waals surface area contributed by atoms with Gasteiger partial charge in [0.25, 0.3) is 5.91 Å². The van der Waals surface area contributed by atoms with Crippen LogP contribution in [0, 0.1) is 5.92 Å². The number of hydrogen-bond donors (Lipinski definition) is 0. The monoisotopic (exact) mass is 241 g/mol. The van der Waals surface area contributed by atoms with Crippen LogP contribution in [-0.2, 0) is 14.3 Å². The first-order valence-corrected chi connectivity index (χ1v) is 6.79. The Morgan fingerprint density at radius 2 is 2.29 bits per heavy atom. The molecule has 4 heteroatoms. The van der Waals surface area contributed by atoms with Gasteiger partial charge in [0.2, 0.25) is 0 Å². The maximum Gasteiger partial charge on any atom is 0.251 e. The van der Waals surface area contributed by atoms with Gasteiger partial charge >= 0.3 is 0 Å². The van der Waals surface area contributed by atoms with Crippen molar-refractivity contribution in [3.63, 3.8) is 0 Å². The molecule has 2 atom stereocenters. The molecule has 0 spiro atoms. The van der Waals surface area contributed by atoms with Crippen LogP contribution in [0.5, 0.6) is 0 Å². The summed E-state index contributed by atoms with van der Waals surface area (Å²) in [5.74, 6) is 0.706. The summed E-state index contributed by atoms with van der Waals surface area (Å²) in [5, 5.41) is 0. The fourth-order valence-electron chi connectivity index (χ4n) is 2.66. The van der Waals surface area contributed by atoms with Gasteiger partial charge in [0.1, 0.15) is 6.10 Å². The van der Waals surface area contributed by atoms with Crippen molar-refractivity contribution in [3.8, 4) is 0 Å². The predicted molar refractivity (Wildman–Crippen MR) is 64.8 cm³/mol. The van der Waals surface area contributed by atoms with E-state index < -0.39 is 0 Å². The van der Waals surface area contributed by atoms with Gasteiger partial charge in [-0.15, -0.1) is 0 Å². The van der Waals surface area contributed by atoms with E-state index in [1.807, 2.05) is 11.8 Å². The number of amides is 1. The fourth-order valence-corrected chi connectivity index (χ4v) is 2.66. The first-order valence-electron chi connectivity index (χ1n) is 6.79. The second-order valence-corrected chi connectivity index (χ2v) is 4.95. The van der Waals surface area contributed by atoms with Crippen LogP contribution in [-0.4, -0.2) is 49.8 Å². The van der Waals surface area contributed by atoms with E-state index in [4.69, 9.17) is 9.47 Å². The average Bonchev–Trinajstić information content (AvgIpc) is 2.89. The van der Waals surface area contributed by atoms with Crippen molar-refractivity contribution in [2.45, 2.75) is 38.7 Å². The topological polar surface area (TPSA) is 38.8 Å². The number of ether oxygens (including phenoxy) is 2. The maximum atomic E-state index is 12.2. The van der Waals surface area contributed by atoms with E-state index in [9.17, 15) is 4.79 Å². The normalized spacial score (nSPS) is 29.6. The average molecular weight is 241 g/mol. The maximum absolute atomic E-state index is 12.2. The van der Waals surface area contributed by atoms with E-state index in [1.165, 1.54) is 6.42 Å². The van der Waals surface area contributed by atoms with Gasteiger partial charge in [0.05, 0.1) is 6.61 Å². The molecular formula is C13H23NO3. The highest BCUT2D eigenvalue weighted by Gasteiger charge is 2.31. The van der Waals surface area contributed by atoms with Gasteiger partial charge in [-0.25, -0.2) is 0 Å². The van der Waals surface area contributed by atoms with Crippen LogP contribution in [0.15, 0.2) is 0 Å². The zero-order valence-electron chi connectivity index (χ0n) is 10.7. The van der Waals surface area contributed by atoms with Crippen molar-refractivity contribution in [1.29, 1.82) is 0 Å². The Balaban J connectivity index is 1.81. The number of likely N-dealkylation sites (tertiary alicyclic amines) is 1. The minimum atomic E-state index is -0.166. The van der Waals surface area contributed by atoms with Crippen LogP contribution in [0.3, 0.4) is 0 Å². The molecule has 1 amide bonds. The van der Waals surface area contributed by atoms with Crippen molar-refractivity contribution >= 4 is 5.91 Å². The molecule has 0 aromatic carbocycles. The number of piperidine rings is 1. The van der Waals surface area contributed by atoms with Crippen molar-refractivity contribution in [2.75, 3.05) is 32.9 Å². The number of nitrogens with zero attached hydrogens (tertiary/aromatic N) is 1. The fraction of sp³-hybridized carbons (Fsp3) is 0.923. The van der Waals surface area contributed by atoms with E-state index in [1.54, 1.807) is 0 Å². The lowest BCUT2D eigenvalue weighted by Crippen LogP contribution is -2.45. The molecule has 2 fully saturated rings. The van der Waals surface area contributed by atoms with Gasteiger partial charge in [-0.3, -0.25) is 4.79 Å². The zero-order chi connectivity index (χ0) is 12.1. The third kappa shape index (κ3) is 3.42. The quantitative estimate of drug-likeness (QED) is 0.747. The Morgan fingerprint density at radius 1 is 1.41 bits per heavy atom. The Bertz CT molecular complexity index is 251. The van der Waals surface area contributed by atoms with Crippen molar-refractivity contribution in [1.82, 2.24) is 4.90 Å². The standard InChI is InChI=1S/C13H23NO3/c1-2-16-10-11-5-3-7-14(9-11)13(15)12-6-4-8-17-12/h11-12H,2-10H2,1H3. The largest absolute Gasteiger partial charge is 0.381 e. The van der Waals surface area contributed by atoms with Crippen molar-refractivity contribution < 1.29 is 14.3 Å². The molecule has 98 valence electrons. The highest BCUT2D eigenvalue weighted by Crippen LogP contribution is 2.21. The molecule has 0 aliphatic carbocycles. The van der Waals surface area contributed by atoms with Crippen LogP contribution in [0.25, 0.3) is 0 Å². The molecule has 2 aliphatic heterocycles. The van der Waals surface area contributed by atoms with Crippen LogP contribution < -0.4 is 0 Å². The molecule has 0 aromatic rings. The Morgan fingerprint density at radius 3 is 3.00 bits per heavy atom. The first kappa shape index (κ1) is 12.8. The summed E-state index contributed by atoms with van der Waals surface area (Å²) in [6.45, 7) is 6.03. The molecule has 2 rings (SSSR count). The Kier molecular flexibility index (Phi) is 4.80. The van der Waals surface area contributed by atoms with E-state index in [0.29, 0.717) is 5.92 Å². The second-order valence-electron chi connectivity index (χ2n) is 4.95. The molecule has 4 nitrogen and oxygen atoms in total. The van der Waals surface area contributed by atoms with Crippen LogP contribution in [0.4, 0.5) is 0 Å². The molecular weight excluding hydrogens is 218 g/mol. The molecule has 0 bridgehead atoms. The Labute approximate surface area is 103 Å². The van der Waals surface area contributed by atoms with E-state index in [0.717, 1.165) is 52.2 Å². The van der Waals surface area contributed by atoms with E-state index >= 15 is 0 Å². The van der Waals surface area contributed by atoms with Crippen LogP contribution in [0.2, 0.25) is 0 Å². The minimum absolute atomic E-state index is 0.166. The molecule has 2 heterocycles. The summed E-state index contributed by atoms with van der Waals surface area (Å²) >= 11 is 0. The number of rotatable bonds is 4. The van der Waals surface area contributed by atoms with E-state index in [-0.39, 0.29) is 12.0 Å². The number of hydrogen-bond acceptors (Lipinski definition) is 3. The van der Waals surface area contributed by atoms with Crippen LogP contribution in [0.1, 0.15) is 32.6 Å². The van der Waals surface area contributed by atoms with Crippen molar-refractivity contribution in [3.05, 3.63) is 0 Å². The summed E-state index contributed by atoms with van der Waals surface area (Å²) in [6, 6.07) is 0. The molecule has 2 aliphatic rings. The first-order chi connectivity index (χ1) is 8.31. The molecule has 0 saturated carbocycles. The summed E-state index contributed by atoms with van der Waals surface area (Å²) in [6.07, 6.45) is 4.02. The molecule has 2 saturated heterocycles. The lowest BCUT2D eigenvalue weighted by molar-refractivity contribution is -0.143. The van der Waals surface area contributed by atoms with Gasteiger partial charge in [-0.1, -0.05) is 0 Å². The van der Waals surface area contributed by atoms with Crippen molar-refractivity contribution in [2.24, 2.45) is 5.92 Å². The lowest BCUT2D eigenvalue weighted by Gasteiger charge is -2.33. The SMILES string of the molecule is CCOCC1CCCN(C(=O)C2CCCO2)C1. The molecule has 0 aromatic heterocycles. The van der Waals surface area contributed by atoms with Gasteiger partial charge in [0.15, 0.2) is 0 Å². The Hall–Kier alpha value is -0.610. The van der Waals surface area contributed by atoms with E-state index in [2.05, 4.69) is 0 Å². The van der Waals surface area contributed by atoms with Gasteiger partial charge in [-0.05, 0) is 38.5 Å². The number of carbonyl (C=O) groups excluding carboxylic acids is 1. The minimum Gasteiger partial charge on any atom is -0.381 e.